The first-order chi connectivity index (χ1) is 13.5. The minimum absolute atomic E-state index is 0. The molecule has 0 saturated heterocycles. The number of amides is 1. The Kier molecular flexibility index (Phi) is 10.3. The number of guanidine groups is 1. The summed E-state index contributed by atoms with van der Waals surface area (Å²) in [7, 11) is 3.18. The number of hydrogen-bond donors (Lipinski definition) is 3. The number of anilines is 2. The second-order valence-electron chi connectivity index (χ2n) is 6.39. The smallest absolute Gasteiger partial charge is 0.227 e. The highest BCUT2D eigenvalue weighted by molar-refractivity contribution is 14.0. The molecule has 2 rings (SSSR count). The number of ether oxygens (including phenoxy) is 2. The van der Waals surface area contributed by atoms with E-state index in [4.69, 9.17) is 15.2 Å². The predicted octanol–water partition coefficient (Wildman–Crippen LogP) is 4.23. The van der Waals surface area contributed by atoms with Crippen molar-refractivity contribution in [2.24, 2.45) is 16.6 Å². The number of hydrogen-bond acceptors (Lipinski definition) is 4. The average Bonchev–Trinajstić information content (AvgIpc) is 2.71. The Morgan fingerprint density at radius 1 is 1.14 bits per heavy atom. The average molecular weight is 512 g/mol. The van der Waals surface area contributed by atoms with Gasteiger partial charge >= 0.3 is 0 Å². The Balaban J connectivity index is 0.00000420. The van der Waals surface area contributed by atoms with Gasteiger partial charge in [-0.1, -0.05) is 26.0 Å². The molecule has 0 aliphatic carbocycles. The highest BCUT2D eigenvalue weighted by Gasteiger charge is 2.10. The first-order valence-corrected chi connectivity index (χ1v) is 9.15. The summed E-state index contributed by atoms with van der Waals surface area (Å²) < 4.78 is 10.5. The number of methoxy groups -OCH3 is 2. The molecular formula is C21H29IN4O3. The number of carbonyl (C=O) groups excluding carboxylic acids is 1. The van der Waals surface area contributed by atoms with E-state index >= 15 is 0 Å². The lowest BCUT2D eigenvalue weighted by Gasteiger charge is -2.12. The molecule has 0 heterocycles. The first-order valence-electron chi connectivity index (χ1n) is 9.15. The molecule has 7 nitrogen and oxygen atoms in total. The van der Waals surface area contributed by atoms with E-state index in [1.54, 1.807) is 32.4 Å². The third-order valence-corrected chi connectivity index (χ3v) is 4.36. The summed E-state index contributed by atoms with van der Waals surface area (Å²) in [4.78, 5) is 16.4. The number of nitrogens with one attached hydrogen (secondary N) is 2. The van der Waals surface area contributed by atoms with E-state index in [2.05, 4.69) is 15.6 Å². The van der Waals surface area contributed by atoms with Gasteiger partial charge < -0.3 is 25.8 Å². The zero-order valence-corrected chi connectivity index (χ0v) is 19.5. The van der Waals surface area contributed by atoms with E-state index in [-0.39, 0.29) is 41.8 Å². The van der Waals surface area contributed by atoms with E-state index in [1.165, 1.54) is 0 Å². The molecule has 0 aromatic heterocycles. The molecule has 1 atom stereocenters. The van der Waals surface area contributed by atoms with Gasteiger partial charge in [0.1, 0.15) is 11.5 Å². The first kappa shape index (κ1) is 24.5. The van der Waals surface area contributed by atoms with Crippen LogP contribution in [0.2, 0.25) is 0 Å². The van der Waals surface area contributed by atoms with Gasteiger partial charge in [0.2, 0.25) is 5.91 Å². The zero-order valence-electron chi connectivity index (χ0n) is 17.2. The monoisotopic (exact) mass is 512 g/mol. The maximum atomic E-state index is 12.0. The molecule has 0 fully saturated rings. The van der Waals surface area contributed by atoms with Crippen LogP contribution in [0.4, 0.5) is 11.4 Å². The van der Waals surface area contributed by atoms with E-state index in [1.807, 2.05) is 38.1 Å². The van der Waals surface area contributed by atoms with Crippen LogP contribution in [-0.4, -0.2) is 26.1 Å². The summed E-state index contributed by atoms with van der Waals surface area (Å²) in [6.45, 7) is 4.27. The molecule has 0 saturated carbocycles. The third kappa shape index (κ3) is 7.45. The fourth-order valence-corrected chi connectivity index (χ4v) is 2.46. The summed E-state index contributed by atoms with van der Waals surface area (Å²) in [5.74, 6) is 1.55. The van der Waals surface area contributed by atoms with Crippen molar-refractivity contribution in [1.29, 1.82) is 0 Å². The summed E-state index contributed by atoms with van der Waals surface area (Å²) in [5.41, 5.74) is 8.37. The highest BCUT2D eigenvalue weighted by atomic mass is 127. The number of halogens is 1. The molecule has 4 N–H and O–H groups in total. The SMILES string of the molecule is CCC(C)C(=O)Nc1cccc(CN=C(N)Nc2cc(OC)ccc2OC)c1.I. The van der Waals surface area contributed by atoms with Crippen LogP contribution in [-0.2, 0) is 11.3 Å². The van der Waals surface area contributed by atoms with Crippen molar-refractivity contribution in [3.05, 3.63) is 48.0 Å². The molecular weight excluding hydrogens is 483 g/mol. The van der Waals surface area contributed by atoms with E-state index in [9.17, 15) is 4.79 Å². The summed E-state index contributed by atoms with van der Waals surface area (Å²) in [5, 5.41) is 5.95. The van der Waals surface area contributed by atoms with Gasteiger partial charge in [0.05, 0.1) is 26.5 Å². The van der Waals surface area contributed by atoms with Gasteiger partial charge in [-0.15, -0.1) is 24.0 Å². The lowest BCUT2D eigenvalue weighted by Crippen LogP contribution is -2.23. The number of rotatable bonds is 8. The van der Waals surface area contributed by atoms with Crippen LogP contribution >= 0.6 is 24.0 Å². The minimum Gasteiger partial charge on any atom is -0.497 e. The predicted molar refractivity (Wildman–Crippen MR) is 128 cm³/mol. The van der Waals surface area contributed by atoms with Crippen LogP contribution in [0.1, 0.15) is 25.8 Å². The van der Waals surface area contributed by atoms with Gasteiger partial charge in [0.15, 0.2) is 5.96 Å². The number of aliphatic imine (C=N–C) groups is 1. The van der Waals surface area contributed by atoms with Crippen LogP contribution < -0.4 is 25.8 Å². The highest BCUT2D eigenvalue weighted by Crippen LogP contribution is 2.28. The third-order valence-electron chi connectivity index (χ3n) is 4.36. The zero-order chi connectivity index (χ0) is 20.5. The number of carbonyl (C=O) groups is 1. The Labute approximate surface area is 189 Å². The van der Waals surface area contributed by atoms with Crippen molar-refractivity contribution in [2.45, 2.75) is 26.8 Å². The standard InChI is InChI=1S/C21H28N4O3.HI/c1-5-14(2)20(26)24-16-8-6-7-15(11-16)13-23-21(22)25-18-12-17(27-3)9-10-19(18)28-4;/h6-12,14H,5,13H2,1-4H3,(H,24,26)(H3,22,23,25);1H. The number of nitrogens with zero attached hydrogens (tertiary/aromatic N) is 1. The van der Waals surface area contributed by atoms with Crippen molar-refractivity contribution in [3.63, 3.8) is 0 Å². The van der Waals surface area contributed by atoms with Crippen LogP contribution in [0.3, 0.4) is 0 Å². The van der Waals surface area contributed by atoms with Crippen molar-refractivity contribution in [2.75, 3.05) is 24.9 Å². The van der Waals surface area contributed by atoms with Crippen LogP contribution in [0, 0.1) is 5.92 Å². The maximum absolute atomic E-state index is 12.0. The van der Waals surface area contributed by atoms with Gasteiger partial charge in [0.25, 0.3) is 0 Å². The largest absolute Gasteiger partial charge is 0.497 e. The molecule has 158 valence electrons. The number of nitrogens with two attached hydrogens (primary N) is 1. The summed E-state index contributed by atoms with van der Waals surface area (Å²) >= 11 is 0. The maximum Gasteiger partial charge on any atom is 0.227 e. The van der Waals surface area contributed by atoms with Gasteiger partial charge in [0, 0.05) is 17.7 Å². The molecule has 0 bridgehead atoms. The fraction of sp³-hybridized carbons (Fsp3) is 0.333. The molecule has 2 aromatic rings. The Bertz CT molecular complexity index is 842. The van der Waals surface area contributed by atoms with Crippen molar-refractivity contribution in [3.8, 4) is 11.5 Å². The van der Waals surface area contributed by atoms with Gasteiger partial charge in [-0.05, 0) is 36.2 Å². The van der Waals surface area contributed by atoms with Crippen LogP contribution in [0.5, 0.6) is 11.5 Å². The molecule has 0 aliphatic rings. The van der Waals surface area contributed by atoms with E-state index in [0.717, 1.165) is 17.7 Å². The van der Waals surface area contributed by atoms with Gasteiger partial charge in [-0.3, -0.25) is 4.79 Å². The second kappa shape index (κ2) is 12.2. The fourth-order valence-electron chi connectivity index (χ4n) is 2.46. The molecule has 1 amide bonds. The Morgan fingerprint density at radius 3 is 2.55 bits per heavy atom. The molecule has 2 aromatic carbocycles. The summed E-state index contributed by atoms with van der Waals surface area (Å²) in [6.07, 6.45) is 0.797. The van der Waals surface area contributed by atoms with Gasteiger partial charge in [-0.2, -0.15) is 0 Å². The van der Waals surface area contributed by atoms with Crippen LogP contribution in [0.15, 0.2) is 47.5 Å². The molecule has 0 spiro atoms. The lowest BCUT2D eigenvalue weighted by atomic mass is 10.1. The second-order valence-corrected chi connectivity index (χ2v) is 6.39. The normalized spacial score (nSPS) is 11.8. The van der Waals surface area contributed by atoms with E-state index < -0.39 is 0 Å². The Morgan fingerprint density at radius 2 is 1.90 bits per heavy atom. The molecule has 0 radical (unpaired) electrons. The van der Waals surface area contributed by atoms with Crippen molar-refractivity contribution >= 4 is 47.2 Å². The lowest BCUT2D eigenvalue weighted by molar-refractivity contribution is -0.119. The Hall–Kier alpha value is -2.49. The van der Waals surface area contributed by atoms with Crippen molar-refractivity contribution in [1.82, 2.24) is 0 Å². The van der Waals surface area contributed by atoms with E-state index in [0.29, 0.717) is 23.7 Å². The number of benzene rings is 2. The molecule has 8 heteroatoms. The molecule has 1 unspecified atom stereocenters. The molecule has 29 heavy (non-hydrogen) atoms. The quantitative estimate of drug-likeness (QED) is 0.280. The van der Waals surface area contributed by atoms with Crippen molar-refractivity contribution < 1.29 is 14.3 Å². The topological polar surface area (TPSA) is 98.0 Å². The molecule has 0 aliphatic heterocycles. The minimum atomic E-state index is -0.0284. The van der Waals surface area contributed by atoms with Gasteiger partial charge in [-0.25, -0.2) is 4.99 Å². The van der Waals surface area contributed by atoms with Crippen LogP contribution in [0.25, 0.3) is 0 Å². The summed E-state index contributed by atoms with van der Waals surface area (Å²) in [6, 6.07) is 12.9.